The zero-order valence-electron chi connectivity index (χ0n) is 11.1. The van der Waals surface area contributed by atoms with Crippen LogP contribution in [0.1, 0.15) is 25.3 Å². The van der Waals surface area contributed by atoms with Crippen LogP contribution in [-0.2, 0) is 11.3 Å². The topological polar surface area (TPSA) is 45.2 Å². The number of nitrogens with one attached hydrogen (secondary N) is 1. The molecule has 0 aromatic carbocycles. The summed E-state index contributed by atoms with van der Waals surface area (Å²) in [5.41, 5.74) is 1.14. The van der Waals surface area contributed by atoms with Gasteiger partial charge >= 0.3 is 0 Å². The fourth-order valence-electron chi connectivity index (χ4n) is 2.43. The van der Waals surface area contributed by atoms with Gasteiger partial charge in [-0.15, -0.1) is 0 Å². The summed E-state index contributed by atoms with van der Waals surface area (Å²) < 4.78 is 0. The average molecular weight is 247 g/mol. The van der Waals surface area contributed by atoms with E-state index in [1.54, 1.807) is 12.4 Å². The van der Waals surface area contributed by atoms with Crippen molar-refractivity contribution in [3.05, 3.63) is 30.1 Å². The van der Waals surface area contributed by atoms with Gasteiger partial charge in [0.05, 0.1) is 6.04 Å². The second-order valence-electron chi connectivity index (χ2n) is 5.09. The Balaban J connectivity index is 2.09. The zero-order chi connectivity index (χ0) is 13.0. The molecular weight excluding hydrogens is 226 g/mol. The molecule has 4 nitrogen and oxygen atoms in total. The predicted molar refractivity (Wildman–Crippen MR) is 70.9 cm³/mol. The molecule has 2 atom stereocenters. The van der Waals surface area contributed by atoms with Crippen LogP contribution in [-0.4, -0.2) is 35.4 Å². The Labute approximate surface area is 108 Å². The minimum Gasteiger partial charge on any atom is -0.337 e. The smallest absolute Gasteiger partial charge is 0.240 e. The summed E-state index contributed by atoms with van der Waals surface area (Å²) in [5.74, 6) is 0.813. The van der Waals surface area contributed by atoms with Gasteiger partial charge in [-0.2, -0.15) is 0 Å². The molecule has 0 bridgehead atoms. The molecule has 0 radical (unpaired) electrons. The van der Waals surface area contributed by atoms with Gasteiger partial charge in [0.1, 0.15) is 0 Å². The van der Waals surface area contributed by atoms with Gasteiger partial charge in [-0.3, -0.25) is 9.78 Å². The van der Waals surface area contributed by atoms with Crippen molar-refractivity contribution in [2.45, 2.75) is 32.4 Å². The molecular formula is C14H21N3O. The summed E-state index contributed by atoms with van der Waals surface area (Å²) in [5, 5.41) is 3.14. The number of carbonyl (C=O) groups is 1. The van der Waals surface area contributed by atoms with E-state index in [-0.39, 0.29) is 11.9 Å². The Bertz CT molecular complexity index is 393. The molecule has 0 aliphatic carbocycles. The molecule has 18 heavy (non-hydrogen) atoms. The first-order valence-corrected chi connectivity index (χ1v) is 6.55. The lowest BCUT2D eigenvalue weighted by Gasteiger charge is -2.24. The summed E-state index contributed by atoms with van der Waals surface area (Å²) in [7, 11) is 1.87. The number of likely N-dealkylation sites (N-methyl/N-ethyl adjacent to an activating group) is 1. The first-order chi connectivity index (χ1) is 8.70. The largest absolute Gasteiger partial charge is 0.337 e. The monoisotopic (exact) mass is 247 g/mol. The molecule has 1 saturated heterocycles. The van der Waals surface area contributed by atoms with Crippen LogP contribution in [0.4, 0.5) is 0 Å². The summed E-state index contributed by atoms with van der Waals surface area (Å²) in [4.78, 5) is 18.3. The lowest BCUT2D eigenvalue weighted by molar-refractivity contribution is -0.133. The quantitative estimate of drug-likeness (QED) is 0.879. The Morgan fingerprint density at radius 3 is 2.83 bits per heavy atom. The standard InChI is InChI=1S/C14H21N3O/c1-11-5-8-17(14(18)13(9-11)15-2)10-12-3-6-16-7-4-12/h3-4,6-7,11,13,15H,5,8-10H2,1-2H3. The molecule has 4 heteroatoms. The highest BCUT2D eigenvalue weighted by atomic mass is 16.2. The van der Waals surface area contributed by atoms with E-state index in [9.17, 15) is 4.79 Å². The summed E-state index contributed by atoms with van der Waals surface area (Å²) in [6.45, 7) is 3.75. The van der Waals surface area contributed by atoms with Crippen LogP contribution >= 0.6 is 0 Å². The summed E-state index contributed by atoms with van der Waals surface area (Å²) >= 11 is 0. The molecule has 2 rings (SSSR count). The number of carbonyl (C=O) groups excluding carboxylic acids is 1. The average Bonchev–Trinajstić information content (AvgIpc) is 2.53. The van der Waals surface area contributed by atoms with Crippen LogP contribution in [0, 0.1) is 5.92 Å². The molecule has 1 N–H and O–H groups in total. The third-order valence-corrected chi connectivity index (χ3v) is 3.61. The molecule has 2 unspecified atom stereocenters. The first-order valence-electron chi connectivity index (χ1n) is 6.55. The van der Waals surface area contributed by atoms with Crippen LogP contribution in [0.15, 0.2) is 24.5 Å². The fraction of sp³-hybridized carbons (Fsp3) is 0.571. The number of hydrogen-bond donors (Lipinski definition) is 1. The molecule has 98 valence electrons. The van der Waals surface area contributed by atoms with E-state index in [1.165, 1.54) is 0 Å². The number of nitrogens with zero attached hydrogens (tertiary/aromatic N) is 2. The number of aromatic nitrogens is 1. The highest BCUT2D eigenvalue weighted by molar-refractivity contribution is 5.82. The maximum Gasteiger partial charge on any atom is 0.240 e. The van der Waals surface area contributed by atoms with E-state index in [1.807, 2.05) is 24.1 Å². The normalized spacial score (nSPS) is 25.0. The van der Waals surface area contributed by atoms with Crippen molar-refractivity contribution < 1.29 is 4.79 Å². The van der Waals surface area contributed by atoms with Crippen molar-refractivity contribution in [3.63, 3.8) is 0 Å². The third-order valence-electron chi connectivity index (χ3n) is 3.61. The van der Waals surface area contributed by atoms with E-state index in [4.69, 9.17) is 0 Å². The number of amides is 1. The Morgan fingerprint density at radius 1 is 1.44 bits per heavy atom. The summed E-state index contributed by atoms with van der Waals surface area (Å²) in [6, 6.07) is 3.90. The van der Waals surface area contributed by atoms with E-state index in [0.29, 0.717) is 12.5 Å². The van der Waals surface area contributed by atoms with Gasteiger partial charge in [0.2, 0.25) is 5.91 Å². The van der Waals surface area contributed by atoms with Crippen molar-refractivity contribution in [2.75, 3.05) is 13.6 Å². The third kappa shape index (κ3) is 3.07. The van der Waals surface area contributed by atoms with Crippen molar-refractivity contribution in [1.82, 2.24) is 15.2 Å². The van der Waals surface area contributed by atoms with Gasteiger partial charge in [0.25, 0.3) is 0 Å². The maximum absolute atomic E-state index is 12.4. The molecule has 2 heterocycles. The predicted octanol–water partition coefficient (Wildman–Crippen LogP) is 1.43. The number of rotatable bonds is 3. The lowest BCUT2D eigenvalue weighted by Crippen LogP contribution is -2.43. The summed E-state index contributed by atoms with van der Waals surface area (Å²) in [6.07, 6.45) is 5.56. The van der Waals surface area contributed by atoms with Crippen LogP contribution in [0.3, 0.4) is 0 Å². The van der Waals surface area contributed by atoms with Crippen molar-refractivity contribution in [2.24, 2.45) is 5.92 Å². The number of hydrogen-bond acceptors (Lipinski definition) is 3. The van der Waals surface area contributed by atoms with E-state index >= 15 is 0 Å². The first kappa shape index (κ1) is 13.0. The maximum atomic E-state index is 12.4. The van der Waals surface area contributed by atoms with E-state index < -0.39 is 0 Å². The molecule has 1 aliphatic heterocycles. The Hall–Kier alpha value is -1.42. The highest BCUT2D eigenvalue weighted by Gasteiger charge is 2.28. The van der Waals surface area contributed by atoms with E-state index in [0.717, 1.165) is 24.9 Å². The number of pyridine rings is 1. The number of likely N-dealkylation sites (tertiary alicyclic amines) is 1. The van der Waals surface area contributed by atoms with Crippen LogP contribution in [0.5, 0.6) is 0 Å². The molecule has 0 saturated carbocycles. The SMILES string of the molecule is CNC1CC(C)CCN(Cc2ccncc2)C1=O. The van der Waals surface area contributed by atoms with Gasteiger partial charge in [-0.25, -0.2) is 0 Å². The fourth-order valence-corrected chi connectivity index (χ4v) is 2.43. The minimum absolute atomic E-state index is 0.0377. The van der Waals surface area contributed by atoms with Crippen molar-refractivity contribution >= 4 is 5.91 Å². The Kier molecular flexibility index (Phi) is 4.31. The van der Waals surface area contributed by atoms with Gasteiger partial charge in [-0.05, 0) is 43.5 Å². The molecule has 1 aliphatic rings. The van der Waals surface area contributed by atoms with Crippen LogP contribution < -0.4 is 5.32 Å². The van der Waals surface area contributed by atoms with Gasteiger partial charge < -0.3 is 10.2 Å². The van der Waals surface area contributed by atoms with Crippen molar-refractivity contribution in [1.29, 1.82) is 0 Å². The Morgan fingerprint density at radius 2 is 2.17 bits per heavy atom. The van der Waals surface area contributed by atoms with Gasteiger partial charge in [0.15, 0.2) is 0 Å². The van der Waals surface area contributed by atoms with Gasteiger partial charge in [0, 0.05) is 25.5 Å². The lowest BCUT2D eigenvalue weighted by atomic mass is 10.0. The van der Waals surface area contributed by atoms with Gasteiger partial charge in [-0.1, -0.05) is 6.92 Å². The van der Waals surface area contributed by atoms with E-state index in [2.05, 4.69) is 17.2 Å². The zero-order valence-corrected chi connectivity index (χ0v) is 11.1. The molecule has 0 spiro atoms. The molecule has 1 aromatic rings. The van der Waals surface area contributed by atoms with Crippen molar-refractivity contribution in [3.8, 4) is 0 Å². The minimum atomic E-state index is -0.0377. The second-order valence-corrected chi connectivity index (χ2v) is 5.09. The molecule has 1 amide bonds. The van der Waals surface area contributed by atoms with Crippen LogP contribution in [0.25, 0.3) is 0 Å². The second kappa shape index (κ2) is 5.96. The molecule has 1 aromatic heterocycles. The van der Waals surface area contributed by atoms with Crippen LogP contribution in [0.2, 0.25) is 0 Å². The molecule has 1 fully saturated rings. The highest BCUT2D eigenvalue weighted by Crippen LogP contribution is 2.19.